The first-order valence-electron chi connectivity index (χ1n) is 10.4. The van der Waals surface area contributed by atoms with Gasteiger partial charge < -0.3 is 15.5 Å². The minimum absolute atomic E-state index is 0.0617. The number of nitrogens with zero attached hydrogens (tertiary/aromatic N) is 1. The molecule has 30 heavy (non-hydrogen) atoms. The van der Waals surface area contributed by atoms with E-state index < -0.39 is 0 Å². The highest BCUT2D eigenvalue weighted by Gasteiger charge is 2.25. The van der Waals surface area contributed by atoms with Gasteiger partial charge in [-0.25, -0.2) is 0 Å². The number of carbonyl (C=O) groups is 3. The molecule has 0 heterocycles. The maximum Gasteiger partial charge on any atom is 0.243 e. The molecular formula is C24H31N3O3. The second kappa shape index (κ2) is 11.8. The van der Waals surface area contributed by atoms with E-state index in [0.717, 1.165) is 17.5 Å². The standard InChI is InChI=1S/C24H31N3O3/c1-4-15-27(24(30)21(5-2)19-9-7-6-8-10-19)17-23(29)25-16-22(28)26-20-13-11-18(3)12-14-20/h6-14,21H,4-5,15-17H2,1-3H3,(H,25,29)(H,26,28)/t21-/m0/s1. The number of nitrogens with one attached hydrogen (secondary N) is 2. The summed E-state index contributed by atoms with van der Waals surface area (Å²) in [5, 5.41) is 5.35. The summed E-state index contributed by atoms with van der Waals surface area (Å²) in [6, 6.07) is 17.0. The summed E-state index contributed by atoms with van der Waals surface area (Å²) in [7, 11) is 0. The third-order valence-corrected chi connectivity index (χ3v) is 4.83. The Balaban J connectivity index is 1.91. The van der Waals surface area contributed by atoms with Crippen molar-refractivity contribution in [2.75, 3.05) is 25.0 Å². The maximum atomic E-state index is 13.1. The Morgan fingerprint density at radius 2 is 1.60 bits per heavy atom. The molecule has 0 bridgehead atoms. The van der Waals surface area contributed by atoms with Crippen molar-refractivity contribution in [2.24, 2.45) is 0 Å². The lowest BCUT2D eigenvalue weighted by Gasteiger charge is -2.26. The molecule has 0 spiro atoms. The highest BCUT2D eigenvalue weighted by Crippen LogP contribution is 2.22. The van der Waals surface area contributed by atoms with Crippen molar-refractivity contribution in [1.82, 2.24) is 10.2 Å². The van der Waals surface area contributed by atoms with Gasteiger partial charge in [-0.2, -0.15) is 0 Å². The molecule has 0 aliphatic rings. The normalized spacial score (nSPS) is 11.4. The predicted molar refractivity (Wildman–Crippen MR) is 119 cm³/mol. The fourth-order valence-corrected chi connectivity index (χ4v) is 3.25. The van der Waals surface area contributed by atoms with Gasteiger partial charge in [0.1, 0.15) is 0 Å². The van der Waals surface area contributed by atoms with Crippen molar-refractivity contribution in [1.29, 1.82) is 0 Å². The Kier molecular flexibility index (Phi) is 9.06. The van der Waals surface area contributed by atoms with Crippen LogP contribution in [0.5, 0.6) is 0 Å². The van der Waals surface area contributed by atoms with Crippen LogP contribution in [0, 0.1) is 6.92 Å². The third-order valence-electron chi connectivity index (χ3n) is 4.83. The molecule has 0 fully saturated rings. The topological polar surface area (TPSA) is 78.5 Å². The summed E-state index contributed by atoms with van der Waals surface area (Å²) < 4.78 is 0. The van der Waals surface area contributed by atoms with Gasteiger partial charge in [-0.3, -0.25) is 14.4 Å². The third kappa shape index (κ3) is 7.03. The van der Waals surface area contributed by atoms with Crippen LogP contribution in [0.15, 0.2) is 54.6 Å². The summed E-state index contributed by atoms with van der Waals surface area (Å²) in [6.07, 6.45) is 1.40. The summed E-state index contributed by atoms with van der Waals surface area (Å²) in [5.41, 5.74) is 2.73. The molecule has 0 saturated carbocycles. The van der Waals surface area contributed by atoms with Crippen LogP contribution in [0.2, 0.25) is 0 Å². The van der Waals surface area contributed by atoms with Crippen molar-refractivity contribution in [3.63, 3.8) is 0 Å². The van der Waals surface area contributed by atoms with Crippen molar-refractivity contribution >= 4 is 23.4 Å². The van der Waals surface area contributed by atoms with Gasteiger partial charge in [0.2, 0.25) is 17.7 Å². The zero-order valence-electron chi connectivity index (χ0n) is 18.0. The number of carbonyl (C=O) groups excluding carboxylic acids is 3. The highest BCUT2D eigenvalue weighted by molar-refractivity contribution is 5.95. The van der Waals surface area contributed by atoms with E-state index in [1.807, 2.05) is 75.4 Å². The van der Waals surface area contributed by atoms with Crippen LogP contribution in [0.4, 0.5) is 5.69 Å². The Morgan fingerprint density at radius 1 is 0.933 bits per heavy atom. The lowest BCUT2D eigenvalue weighted by atomic mass is 9.95. The molecule has 0 radical (unpaired) electrons. The van der Waals surface area contributed by atoms with E-state index in [0.29, 0.717) is 18.7 Å². The van der Waals surface area contributed by atoms with E-state index in [-0.39, 0.29) is 36.7 Å². The van der Waals surface area contributed by atoms with Crippen LogP contribution in [-0.2, 0) is 14.4 Å². The molecule has 160 valence electrons. The van der Waals surface area contributed by atoms with E-state index in [2.05, 4.69) is 10.6 Å². The average Bonchev–Trinajstić information content (AvgIpc) is 2.75. The lowest BCUT2D eigenvalue weighted by Crippen LogP contribution is -2.44. The van der Waals surface area contributed by atoms with Crippen molar-refractivity contribution in [3.05, 3.63) is 65.7 Å². The average molecular weight is 410 g/mol. The second-order valence-corrected chi connectivity index (χ2v) is 7.32. The van der Waals surface area contributed by atoms with E-state index in [4.69, 9.17) is 0 Å². The van der Waals surface area contributed by atoms with Gasteiger partial charge in [0.15, 0.2) is 0 Å². The molecule has 0 aliphatic carbocycles. The van der Waals surface area contributed by atoms with E-state index in [1.54, 1.807) is 4.90 Å². The molecule has 2 N–H and O–H groups in total. The van der Waals surface area contributed by atoms with Crippen LogP contribution in [0.3, 0.4) is 0 Å². The molecule has 0 unspecified atom stereocenters. The lowest BCUT2D eigenvalue weighted by molar-refractivity contribution is -0.137. The Morgan fingerprint density at radius 3 is 2.20 bits per heavy atom. The van der Waals surface area contributed by atoms with E-state index in [1.165, 1.54) is 0 Å². The summed E-state index contributed by atoms with van der Waals surface area (Å²) in [4.78, 5) is 39.1. The van der Waals surface area contributed by atoms with Gasteiger partial charge in [-0.15, -0.1) is 0 Å². The number of rotatable bonds is 10. The summed E-state index contributed by atoms with van der Waals surface area (Å²) in [6.45, 7) is 6.19. The van der Waals surface area contributed by atoms with Gasteiger partial charge in [0.05, 0.1) is 19.0 Å². The number of aryl methyl sites for hydroxylation is 1. The van der Waals surface area contributed by atoms with Gasteiger partial charge in [0.25, 0.3) is 0 Å². The molecule has 6 nitrogen and oxygen atoms in total. The van der Waals surface area contributed by atoms with Gasteiger partial charge in [-0.05, 0) is 37.5 Å². The van der Waals surface area contributed by atoms with Crippen LogP contribution in [-0.4, -0.2) is 42.3 Å². The quantitative estimate of drug-likeness (QED) is 0.631. The predicted octanol–water partition coefficient (Wildman–Crippen LogP) is 3.48. The first-order valence-corrected chi connectivity index (χ1v) is 10.4. The number of hydrogen-bond donors (Lipinski definition) is 2. The Hall–Kier alpha value is -3.15. The molecule has 2 aromatic carbocycles. The smallest absolute Gasteiger partial charge is 0.243 e. The highest BCUT2D eigenvalue weighted by atomic mass is 16.2. The molecule has 2 rings (SSSR count). The van der Waals surface area contributed by atoms with Crippen molar-refractivity contribution < 1.29 is 14.4 Å². The van der Waals surface area contributed by atoms with Gasteiger partial charge in [-0.1, -0.05) is 61.9 Å². The molecule has 0 aromatic heterocycles. The van der Waals surface area contributed by atoms with E-state index >= 15 is 0 Å². The summed E-state index contributed by atoms with van der Waals surface area (Å²) >= 11 is 0. The molecule has 3 amide bonds. The van der Waals surface area contributed by atoms with Gasteiger partial charge in [0, 0.05) is 12.2 Å². The minimum atomic E-state index is -0.348. The molecule has 0 aliphatic heterocycles. The van der Waals surface area contributed by atoms with Crippen LogP contribution < -0.4 is 10.6 Å². The van der Waals surface area contributed by atoms with Crippen molar-refractivity contribution in [2.45, 2.75) is 39.5 Å². The van der Waals surface area contributed by atoms with Crippen molar-refractivity contribution in [3.8, 4) is 0 Å². The Bertz CT molecular complexity index is 835. The molecule has 1 atom stereocenters. The number of hydrogen-bond acceptors (Lipinski definition) is 3. The van der Waals surface area contributed by atoms with Crippen LogP contribution >= 0.6 is 0 Å². The zero-order valence-corrected chi connectivity index (χ0v) is 18.0. The number of amides is 3. The first-order chi connectivity index (χ1) is 14.4. The minimum Gasteiger partial charge on any atom is -0.345 e. The fraction of sp³-hybridized carbons (Fsp3) is 0.375. The zero-order chi connectivity index (χ0) is 21.9. The fourth-order valence-electron chi connectivity index (χ4n) is 3.25. The second-order valence-electron chi connectivity index (χ2n) is 7.32. The van der Waals surface area contributed by atoms with E-state index in [9.17, 15) is 14.4 Å². The number of benzene rings is 2. The van der Waals surface area contributed by atoms with Crippen LogP contribution in [0.1, 0.15) is 43.7 Å². The van der Waals surface area contributed by atoms with Gasteiger partial charge >= 0.3 is 0 Å². The molecule has 2 aromatic rings. The largest absolute Gasteiger partial charge is 0.345 e. The molecule has 6 heteroatoms. The monoisotopic (exact) mass is 409 g/mol. The first kappa shape index (κ1) is 23.1. The maximum absolute atomic E-state index is 13.1. The van der Waals surface area contributed by atoms with Crippen LogP contribution in [0.25, 0.3) is 0 Å². The number of anilines is 1. The SMILES string of the molecule is CCCN(CC(=O)NCC(=O)Nc1ccc(C)cc1)C(=O)[C@@H](CC)c1ccccc1. The summed E-state index contributed by atoms with van der Waals surface area (Å²) in [5.74, 6) is -1.00. The molecular weight excluding hydrogens is 378 g/mol. The Labute approximate surface area is 178 Å². The molecule has 0 saturated heterocycles.